The molecule has 19 heavy (non-hydrogen) atoms. The van der Waals surface area contributed by atoms with Crippen LogP contribution in [-0.4, -0.2) is 12.9 Å². The van der Waals surface area contributed by atoms with E-state index in [1.54, 1.807) is 7.11 Å². The van der Waals surface area contributed by atoms with E-state index in [0.717, 1.165) is 26.9 Å². The highest BCUT2D eigenvalue weighted by Crippen LogP contribution is 2.24. The number of halogens is 1. The molecule has 0 fully saturated rings. The first kappa shape index (κ1) is 13.8. The van der Waals surface area contributed by atoms with Gasteiger partial charge in [-0.1, -0.05) is 40.2 Å². The summed E-state index contributed by atoms with van der Waals surface area (Å²) >= 11 is 3.42. The summed E-state index contributed by atoms with van der Waals surface area (Å²) < 4.78 is 6.24. The van der Waals surface area contributed by atoms with E-state index in [1.165, 1.54) is 0 Å². The van der Waals surface area contributed by atoms with Gasteiger partial charge in [-0.2, -0.15) is 0 Å². The van der Waals surface area contributed by atoms with Gasteiger partial charge in [0.2, 0.25) is 0 Å². The van der Waals surface area contributed by atoms with Crippen LogP contribution in [0, 0.1) is 6.92 Å². The van der Waals surface area contributed by atoms with Gasteiger partial charge in [0.25, 0.3) is 0 Å². The molecule has 0 spiro atoms. The van der Waals surface area contributed by atoms with Crippen molar-refractivity contribution in [3.63, 3.8) is 0 Å². The van der Waals surface area contributed by atoms with Crippen molar-refractivity contribution >= 4 is 21.7 Å². The second-order valence-corrected chi connectivity index (χ2v) is 5.29. The quantitative estimate of drug-likeness (QED) is 0.790. The smallest absolute Gasteiger partial charge is 0.167 e. The number of ether oxygens (including phenoxy) is 1. The van der Waals surface area contributed by atoms with Crippen molar-refractivity contribution in [3.8, 4) is 5.75 Å². The first-order valence-electron chi connectivity index (χ1n) is 6.03. The zero-order valence-corrected chi connectivity index (χ0v) is 12.5. The van der Waals surface area contributed by atoms with Crippen molar-refractivity contribution in [3.05, 3.63) is 63.6 Å². The number of rotatable bonds is 4. The number of hydrogen-bond donors (Lipinski definition) is 0. The van der Waals surface area contributed by atoms with Gasteiger partial charge in [-0.25, -0.2) is 0 Å². The number of carbonyl (C=O) groups excluding carboxylic acids is 1. The summed E-state index contributed by atoms with van der Waals surface area (Å²) in [6.07, 6.45) is 0.341. The van der Waals surface area contributed by atoms with E-state index in [-0.39, 0.29) is 5.78 Å². The molecule has 0 N–H and O–H groups in total. The summed E-state index contributed by atoms with van der Waals surface area (Å²) in [6, 6.07) is 13.3. The van der Waals surface area contributed by atoms with E-state index in [0.29, 0.717) is 6.42 Å². The van der Waals surface area contributed by atoms with Crippen LogP contribution in [-0.2, 0) is 6.42 Å². The molecule has 2 aromatic carbocycles. The number of carbonyl (C=O) groups is 1. The topological polar surface area (TPSA) is 26.3 Å². The third-order valence-electron chi connectivity index (χ3n) is 3.04. The van der Waals surface area contributed by atoms with Gasteiger partial charge in [0.05, 0.1) is 7.11 Å². The van der Waals surface area contributed by atoms with Crippen LogP contribution in [0.25, 0.3) is 0 Å². The Morgan fingerprint density at radius 3 is 2.63 bits per heavy atom. The van der Waals surface area contributed by atoms with E-state index >= 15 is 0 Å². The average molecular weight is 319 g/mol. The van der Waals surface area contributed by atoms with Gasteiger partial charge in [-0.3, -0.25) is 4.79 Å². The molecular weight excluding hydrogens is 304 g/mol. The standard InChI is InChI=1S/C16H15BrO2/c1-11-5-3-4-6-14(11)15(18)10-12-9-13(17)7-8-16(12)19-2/h3-9H,10H2,1-2H3. The van der Waals surface area contributed by atoms with E-state index < -0.39 is 0 Å². The normalized spacial score (nSPS) is 10.3. The highest BCUT2D eigenvalue weighted by atomic mass is 79.9. The SMILES string of the molecule is COc1ccc(Br)cc1CC(=O)c1ccccc1C. The highest BCUT2D eigenvalue weighted by molar-refractivity contribution is 9.10. The van der Waals surface area contributed by atoms with Crippen LogP contribution in [0.5, 0.6) is 5.75 Å². The predicted octanol–water partition coefficient (Wildman–Crippen LogP) is 4.19. The first-order valence-corrected chi connectivity index (χ1v) is 6.82. The molecule has 2 aromatic rings. The molecular formula is C16H15BrO2. The average Bonchev–Trinajstić information content (AvgIpc) is 2.39. The Morgan fingerprint density at radius 1 is 1.21 bits per heavy atom. The summed E-state index contributed by atoms with van der Waals surface area (Å²) in [4.78, 5) is 12.3. The second kappa shape index (κ2) is 6.02. The number of hydrogen-bond acceptors (Lipinski definition) is 2. The van der Waals surface area contributed by atoms with Crippen LogP contribution < -0.4 is 4.74 Å². The van der Waals surface area contributed by atoms with Gasteiger partial charge < -0.3 is 4.74 Å². The zero-order valence-electron chi connectivity index (χ0n) is 10.9. The summed E-state index contributed by atoms with van der Waals surface area (Å²) in [5.74, 6) is 0.847. The van der Waals surface area contributed by atoms with Crippen LogP contribution in [0.4, 0.5) is 0 Å². The maximum Gasteiger partial charge on any atom is 0.167 e. The van der Waals surface area contributed by atoms with Crippen molar-refractivity contribution in [2.75, 3.05) is 7.11 Å². The largest absolute Gasteiger partial charge is 0.496 e. The number of benzene rings is 2. The number of methoxy groups -OCH3 is 1. The van der Waals surface area contributed by atoms with Gasteiger partial charge in [-0.15, -0.1) is 0 Å². The Balaban J connectivity index is 2.29. The number of Topliss-reactive ketones (excluding diaryl/α,β-unsaturated/α-hetero) is 1. The van der Waals surface area contributed by atoms with E-state index in [1.807, 2.05) is 49.4 Å². The van der Waals surface area contributed by atoms with Gasteiger partial charge in [0.1, 0.15) is 5.75 Å². The lowest BCUT2D eigenvalue weighted by atomic mass is 9.99. The van der Waals surface area contributed by atoms with E-state index in [9.17, 15) is 4.79 Å². The maximum atomic E-state index is 12.3. The molecule has 0 atom stereocenters. The maximum absolute atomic E-state index is 12.3. The lowest BCUT2D eigenvalue weighted by Crippen LogP contribution is -2.06. The van der Waals surface area contributed by atoms with E-state index in [2.05, 4.69) is 15.9 Å². The van der Waals surface area contributed by atoms with Crippen molar-refractivity contribution in [1.82, 2.24) is 0 Å². The Bertz CT molecular complexity index is 605. The van der Waals surface area contributed by atoms with Crippen LogP contribution in [0.1, 0.15) is 21.5 Å². The van der Waals surface area contributed by atoms with E-state index in [4.69, 9.17) is 4.74 Å². The Morgan fingerprint density at radius 2 is 1.95 bits per heavy atom. The molecule has 0 aliphatic carbocycles. The fourth-order valence-electron chi connectivity index (χ4n) is 2.04. The van der Waals surface area contributed by atoms with Crippen molar-refractivity contribution in [2.45, 2.75) is 13.3 Å². The molecule has 98 valence electrons. The predicted molar refractivity (Wildman–Crippen MR) is 79.9 cm³/mol. The summed E-state index contributed by atoms with van der Waals surface area (Å²) in [5.41, 5.74) is 2.66. The van der Waals surface area contributed by atoms with Crippen molar-refractivity contribution in [2.24, 2.45) is 0 Å². The molecule has 0 bridgehead atoms. The van der Waals surface area contributed by atoms with Crippen molar-refractivity contribution in [1.29, 1.82) is 0 Å². The monoisotopic (exact) mass is 318 g/mol. The Kier molecular flexibility index (Phi) is 4.38. The van der Waals surface area contributed by atoms with Gasteiger partial charge in [-0.05, 0) is 30.7 Å². The molecule has 0 unspecified atom stereocenters. The first-order chi connectivity index (χ1) is 9.11. The number of ketones is 1. The third kappa shape index (κ3) is 3.24. The van der Waals surface area contributed by atoms with Crippen LogP contribution in [0.15, 0.2) is 46.9 Å². The minimum absolute atomic E-state index is 0.106. The molecule has 0 aliphatic rings. The molecule has 0 amide bonds. The van der Waals surface area contributed by atoms with Crippen LogP contribution >= 0.6 is 15.9 Å². The fraction of sp³-hybridized carbons (Fsp3) is 0.188. The summed E-state index contributed by atoms with van der Waals surface area (Å²) in [5, 5.41) is 0. The molecule has 0 radical (unpaired) electrons. The fourth-order valence-corrected chi connectivity index (χ4v) is 2.45. The van der Waals surface area contributed by atoms with Crippen molar-refractivity contribution < 1.29 is 9.53 Å². The molecule has 0 saturated carbocycles. The Hall–Kier alpha value is -1.61. The number of aryl methyl sites for hydroxylation is 1. The molecule has 0 aromatic heterocycles. The van der Waals surface area contributed by atoms with Gasteiger partial charge in [0.15, 0.2) is 5.78 Å². The second-order valence-electron chi connectivity index (χ2n) is 4.37. The van der Waals surface area contributed by atoms with Gasteiger partial charge >= 0.3 is 0 Å². The highest BCUT2D eigenvalue weighted by Gasteiger charge is 2.12. The Labute approximate surface area is 121 Å². The van der Waals surface area contributed by atoms with Crippen LogP contribution in [0.3, 0.4) is 0 Å². The molecule has 2 nitrogen and oxygen atoms in total. The third-order valence-corrected chi connectivity index (χ3v) is 3.53. The van der Waals surface area contributed by atoms with Crippen LogP contribution in [0.2, 0.25) is 0 Å². The minimum atomic E-state index is 0.106. The molecule has 0 aliphatic heterocycles. The lowest BCUT2D eigenvalue weighted by Gasteiger charge is -2.09. The molecule has 2 rings (SSSR count). The summed E-state index contributed by atoms with van der Waals surface area (Å²) in [6.45, 7) is 1.95. The lowest BCUT2D eigenvalue weighted by molar-refractivity contribution is 0.0991. The van der Waals surface area contributed by atoms with Gasteiger partial charge in [0, 0.05) is 22.0 Å². The summed E-state index contributed by atoms with van der Waals surface area (Å²) in [7, 11) is 1.62. The molecule has 0 heterocycles. The minimum Gasteiger partial charge on any atom is -0.496 e. The zero-order chi connectivity index (χ0) is 13.8. The molecule has 0 saturated heterocycles. The molecule has 3 heteroatoms.